The molecule has 1 aliphatic heterocycles. The van der Waals surface area contributed by atoms with Gasteiger partial charge in [-0.1, -0.05) is 42.5 Å². The zero-order valence-corrected chi connectivity index (χ0v) is 14.6. The van der Waals surface area contributed by atoms with E-state index in [2.05, 4.69) is 47.0 Å². The van der Waals surface area contributed by atoms with Gasteiger partial charge in [-0.2, -0.15) is 0 Å². The predicted molar refractivity (Wildman–Crippen MR) is 98.3 cm³/mol. The van der Waals surface area contributed by atoms with Gasteiger partial charge in [-0.15, -0.1) is 0 Å². The van der Waals surface area contributed by atoms with E-state index in [1.807, 2.05) is 18.9 Å². The van der Waals surface area contributed by atoms with Crippen LogP contribution in [-0.4, -0.2) is 27.4 Å². The Morgan fingerprint density at radius 3 is 2.64 bits per heavy atom. The van der Waals surface area contributed by atoms with Crippen molar-refractivity contribution in [1.29, 1.82) is 0 Å². The molecule has 0 bridgehead atoms. The Morgan fingerprint density at radius 2 is 1.84 bits per heavy atom. The molecule has 2 aromatic carbocycles. The lowest BCUT2D eigenvalue weighted by Gasteiger charge is -2.31. The van der Waals surface area contributed by atoms with Crippen LogP contribution in [0.2, 0.25) is 0 Å². The number of amides is 1. The number of imidazole rings is 1. The van der Waals surface area contributed by atoms with Gasteiger partial charge < -0.3 is 9.47 Å². The predicted octanol–water partition coefficient (Wildman–Crippen LogP) is 4.11. The Kier molecular flexibility index (Phi) is 3.05. The highest BCUT2D eigenvalue weighted by molar-refractivity contribution is 5.96. The van der Waals surface area contributed by atoms with E-state index in [1.54, 1.807) is 0 Å². The van der Waals surface area contributed by atoms with Gasteiger partial charge in [0.1, 0.15) is 11.9 Å². The van der Waals surface area contributed by atoms with Crippen LogP contribution >= 0.6 is 0 Å². The average molecular weight is 331 g/mol. The van der Waals surface area contributed by atoms with Crippen molar-refractivity contribution >= 4 is 16.7 Å². The minimum absolute atomic E-state index is 0.166. The summed E-state index contributed by atoms with van der Waals surface area (Å²) in [5.74, 6) is 1.80. The van der Waals surface area contributed by atoms with E-state index in [1.165, 1.54) is 34.9 Å². The van der Waals surface area contributed by atoms with E-state index in [9.17, 15) is 4.79 Å². The molecule has 4 heteroatoms. The van der Waals surface area contributed by atoms with Gasteiger partial charge >= 0.3 is 0 Å². The monoisotopic (exact) mass is 331 g/mol. The van der Waals surface area contributed by atoms with Gasteiger partial charge in [0.05, 0.1) is 17.9 Å². The lowest BCUT2D eigenvalue weighted by atomic mass is 10.0. The van der Waals surface area contributed by atoms with E-state index >= 15 is 0 Å². The molecule has 1 aliphatic carbocycles. The van der Waals surface area contributed by atoms with Crippen molar-refractivity contribution in [2.24, 2.45) is 0 Å². The van der Waals surface area contributed by atoms with Crippen LogP contribution in [0.5, 0.6) is 0 Å². The highest BCUT2D eigenvalue weighted by Gasteiger charge is 2.38. The lowest BCUT2D eigenvalue weighted by molar-refractivity contribution is -0.135. The summed E-state index contributed by atoms with van der Waals surface area (Å²) in [4.78, 5) is 19.4. The first-order valence-corrected chi connectivity index (χ1v) is 8.99. The van der Waals surface area contributed by atoms with Gasteiger partial charge in [-0.25, -0.2) is 4.98 Å². The van der Waals surface area contributed by atoms with Gasteiger partial charge in [0.2, 0.25) is 5.91 Å². The molecule has 5 rings (SSSR count). The lowest BCUT2D eigenvalue weighted by Crippen LogP contribution is -2.39. The van der Waals surface area contributed by atoms with Crippen LogP contribution in [0, 0.1) is 0 Å². The van der Waals surface area contributed by atoms with Gasteiger partial charge in [0.25, 0.3) is 0 Å². The Labute approximate surface area is 147 Å². The summed E-state index contributed by atoms with van der Waals surface area (Å²) >= 11 is 0. The number of fused-ring (bicyclic) bond motifs is 2. The molecule has 2 heterocycles. The number of nitrogens with zero attached hydrogens (tertiary/aromatic N) is 3. The number of rotatable bonds is 2. The van der Waals surface area contributed by atoms with E-state index in [4.69, 9.17) is 4.98 Å². The van der Waals surface area contributed by atoms with Crippen molar-refractivity contribution in [3.8, 4) is 11.3 Å². The number of carbonyl (C=O) groups is 1. The van der Waals surface area contributed by atoms with E-state index < -0.39 is 0 Å². The molecule has 1 unspecified atom stereocenters. The molecule has 1 aromatic heterocycles. The zero-order valence-electron chi connectivity index (χ0n) is 14.6. The molecular weight excluding hydrogens is 310 g/mol. The van der Waals surface area contributed by atoms with Crippen LogP contribution in [0.25, 0.3) is 22.0 Å². The summed E-state index contributed by atoms with van der Waals surface area (Å²) in [7, 11) is 1.89. The van der Waals surface area contributed by atoms with Crippen LogP contribution in [0.1, 0.15) is 43.2 Å². The van der Waals surface area contributed by atoms with Crippen molar-refractivity contribution in [3.05, 3.63) is 54.0 Å². The topological polar surface area (TPSA) is 38.1 Å². The van der Waals surface area contributed by atoms with Crippen molar-refractivity contribution in [2.45, 2.75) is 38.3 Å². The molecule has 0 saturated heterocycles. The van der Waals surface area contributed by atoms with Crippen molar-refractivity contribution in [2.75, 3.05) is 7.05 Å². The van der Waals surface area contributed by atoms with Gasteiger partial charge in [0.15, 0.2) is 0 Å². The normalized spacial score (nSPS) is 20.2. The summed E-state index contributed by atoms with van der Waals surface area (Å²) in [6.07, 6.45) is 2.37. The molecule has 1 atom stereocenters. The Bertz CT molecular complexity index is 994. The minimum Gasteiger partial charge on any atom is -0.338 e. The first-order chi connectivity index (χ1) is 12.1. The van der Waals surface area contributed by atoms with Gasteiger partial charge in [0, 0.05) is 18.5 Å². The van der Waals surface area contributed by atoms with Crippen molar-refractivity contribution in [1.82, 2.24) is 14.5 Å². The molecule has 0 N–H and O–H groups in total. The third-order valence-corrected chi connectivity index (χ3v) is 5.53. The Hall–Kier alpha value is -2.62. The fourth-order valence-electron chi connectivity index (χ4n) is 4.08. The van der Waals surface area contributed by atoms with Crippen molar-refractivity contribution in [3.63, 3.8) is 0 Å². The Morgan fingerprint density at radius 1 is 1.08 bits per heavy atom. The maximum Gasteiger partial charge on any atom is 0.245 e. The molecule has 1 amide bonds. The highest BCUT2D eigenvalue weighted by atomic mass is 16.2. The first kappa shape index (κ1) is 14.7. The quantitative estimate of drug-likeness (QED) is 0.708. The third-order valence-electron chi connectivity index (χ3n) is 5.53. The van der Waals surface area contributed by atoms with E-state index in [0.717, 1.165) is 11.5 Å². The maximum atomic E-state index is 12.5. The van der Waals surface area contributed by atoms with Crippen molar-refractivity contribution < 1.29 is 4.79 Å². The largest absolute Gasteiger partial charge is 0.338 e. The van der Waals surface area contributed by atoms with E-state index in [-0.39, 0.29) is 11.9 Å². The second kappa shape index (κ2) is 5.19. The number of hydrogen-bond donors (Lipinski definition) is 0. The maximum absolute atomic E-state index is 12.5. The van der Waals surface area contributed by atoms with Crippen LogP contribution in [-0.2, 0) is 11.3 Å². The van der Waals surface area contributed by atoms with Gasteiger partial charge in [-0.3, -0.25) is 4.79 Å². The van der Waals surface area contributed by atoms with Crippen LogP contribution in [0.4, 0.5) is 0 Å². The highest BCUT2D eigenvalue weighted by Crippen LogP contribution is 2.44. The summed E-state index contributed by atoms with van der Waals surface area (Å²) in [5.41, 5.74) is 3.39. The fourth-order valence-corrected chi connectivity index (χ4v) is 4.08. The van der Waals surface area contributed by atoms with Crippen LogP contribution < -0.4 is 0 Å². The standard InChI is InChI=1S/C21H21N3O/c1-13-21(25)23(2)12-18-19(22-20(24(13)18)15-10-11-15)17-9-5-7-14-6-3-4-8-16(14)17/h3-9,13,15H,10-12H2,1-2H3. The Balaban J connectivity index is 1.79. The number of hydrogen-bond acceptors (Lipinski definition) is 2. The molecule has 4 nitrogen and oxygen atoms in total. The van der Waals surface area contributed by atoms with Crippen LogP contribution in [0.3, 0.4) is 0 Å². The zero-order chi connectivity index (χ0) is 17.1. The number of benzene rings is 2. The number of likely N-dealkylation sites (N-methyl/N-ethyl adjacent to an activating group) is 1. The average Bonchev–Trinajstić information content (AvgIpc) is 3.41. The fraction of sp³-hybridized carbons (Fsp3) is 0.333. The van der Waals surface area contributed by atoms with E-state index in [0.29, 0.717) is 12.5 Å². The second-order valence-corrected chi connectivity index (χ2v) is 7.31. The smallest absolute Gasteiger partial charge is 0.245 e. The molecule has 2 aliphatic rings. The summed E-state index contributed by atoms with van der Waals surface area (Å²) in [6.45, 7) is 2.63. The summed E-state index contributed by atoms with van der Waals surface area (Å²) < 4.78 is 2.22. The molecule has 0 spiro atoms. The second-order valence-electron chi connectivity index (χ2n) is 7.31. The molecule has 3 aromatic rings. The first-order valence-electron chi connectivity index (χ1n) is 8.99. The summed E-state index contributed by atoms with van der Waals surface area (Å²) in [5, 5.41) is 2.45. The SMILES string of the molecule is CC1C(=O)N(C)Cc2c(-c3cccc4ccccc34)nc(C3CC3)n21. The molecule has 126 valence electrons. The van der Waals surface area contributed by atoms with Crippen LogP contribution in [0.15, 0.2) is 42.5 Å². The molecular formula is C21H21N3O. The molecule has 0 radical (unpaired) electrons. The summed E-state index contributed by atoms with van der Waals surface area (Å²) in [6, 6.07) is 14.7. The molecule has 1 fully saturated rings. The molecule has 25 heavy (non-hydrogen) atoms. The molecule has 1 saturated carbocycles. The minimum atomic E-state index is -0.166. The number of carbonyl (C=O) groups excluding carboxylic acids is 1. The number of aromatic nitrogens is 2. The third kappa shape index (κ3) is 2.13. The van der Waals surface area contributed by atoms with Gasteiger partial charge in [-0.05, 0) is 30.5 Å².